The van der Waals surface area contributed by atoms with Crippen molar-refractivity contribution in [2.45, 2.75) is 13.3 Å². The molecule has 0 bridgehead atoms. The van der Waals surface area contributed by atoms with Crippen LogP contribution in [0.2, 0.25) is 0 Å². The maximum absolute atomic E-state index is 12.4. The van der Waals surface area contributed by atoms with E-state index in [-0.39, 0.29) is 12.6 Å². The zero-order chi connectivity index (χ0) is 17.3. The number of carbonyl (C=O) groups excluding carboxylic acids is 1. The maximum Gasteiger partial charge on any atom is 0.321 e. The Balaban J connectivity index is 1.76. The molecule has 0 aliphatic carbocycles. The molecule has 1 aromatic carbocycles. The van der Waals surface area contributed by atoms with Gasteiger partial charge in [0.15, 0.2) is 0 Å². The zero-order valence-corrected chi connectivity index (χ0v) is 13.6. The molecule has 126 valence electrons. The van der Waals surface area contributed by atoms with E-state index in [0.29, 0.717) is 24.5 Å². The van der Waals surface area contributed by atoms with Gasteiger partial charge in [0.1, 0.15) is 0 Å². The molecule has 1 unspecified atom stereocenters. The normalized spacial score (nSPS) is 20.2. The van der Waals surface area contributed by atoms with Crippen LogP contribution in [0.5, 0.6) is 5.88 Å². The smallest absolute Gasteiger partial charge is 0.321 e. The number of ether oxygens (including phenoxy) is 1. The van der Waals surface area contributed by atoms with Gasteiger partial charge >= 0.3 is 12.0 Å². The third kappa shape index (κ3) is 2.84. The summed E-state index contributed by atoms with van der Waals surface area (Å²) in [5, 5.41) is 13.8. The third-order valence-corrected chi connectivity index (χ3v) is 4.45. The number of carboxylic acid groups (broad SMARTS) is 1. The van der Waals surface area contributed by atoms with Crippen LogP contribution in [0.1, 0.15) is 13.3 Å². The Hall–Kier alpha value is -2.83. The highest BCUT2D eigenvalue weighted by atomic mass is 16.5. The van der Waals surface area contributed by atoms with Gasteiger partial charge in [0.2, 0.25) is 5.88 Å². The number of hydrogen-bond acceptors (Lipinski definition) is 4. The van der Waals surface area contributed by atoms with Gasteiger partial charge in [-0.1, -0.05) is 0 Å². The Kier molecular flexibility index (Phi) is 4.01. The second kappa shape index (κ2) is 5.99. The first-order chi connectivity index (χ1) is 11.4. The molecule has 24 heavy (non-hydrogen) atoms. The molecule has 1 aliphatic rings. The topological polar surface area (TPSA) is 91.8 Å². The molecular formula is C17H19N3O4. The molecule has 0 radical (unpaired) electrons. The number of amides is 2. The average molecular weight is 329 g/mol. The monoisotopic (exact) mass is 329 g/mol. The lowest BCUT2D eigenvalue weighted by atomic mass is 9.90. The Morgan fingerprint density at radius 1 is 1.38 bits per heavy atom. The minimum absolute atomic E-state index is 0.208. The summed E-state index contributed by atoms with van der Waals surface area (Å²) in [6, 6.07) is 6.99. The molecule has 1 aromatic heterocycles. The molecule has 2 aromatic rings. The number of rotatable bonds is 3. The second-order valence-electron chi connectivity index (χ2n) is 6.22. The molecule has 3 rings (SSSR count). The summed E-state index contributed by atoms with van der Waals surface area (Å²) in [5.74, 6) is -0.342. The summed E-state index contributed by atoms with van der Waals surface area (Å²) < 4.78 is 5.21. The Morgan fingerprint density at radius 3 is 2.83 bits per heavy atom. The zero-order valence-electron chi connectivity index (χ0n) is 13.6. The molecule has 7 nitrogen and oxygen atoms in total. The van der Waals surface area contributed by atoms with Gasteiger partial charge in [0.05, 0.1) is 12.5 Å². The summed E-state index contributed by atoms with van der Waals surface area (Å²) in [7, 11) is 1.56. The van der Waals surface area contributed by atoms with Gasteiger partial charge in [-0.3, -0.25) is 4.79 Å². The largest absolute Gasteiger partial charge is 0.481 e. The third-order valence-electron chi connectivity index (χ3n) is 4.45. The molecule has 1 atom stereocenters. The predicted molar refractivity (Wildman–Crippen MR) is 89.2 cm³/mol. The summed E-state index contributed by atoms with van der Waals surface area (Å²) in [5.41, 5.74) is -0.232. The van der Waals surface area contributed by atoms with Gasteiger partial charge in [-0.25, -0.2) is 9.78 Å². The lowest BCUT2D eigenvalue weighted by molar-refractivity contribution is -0.146. The van der Waals surface area contributed by atoms with Crippen molar-refractivity contribution in [1.29, 1.82) is 0 Å². The van der Waals surface area contributed by atoms with Gasteiger partial charge in [-0.15, -0.1) is 0 Å². The van der Waals surface area contributed by atoms with E-state index in [4.69, 9.17) is 4.74 Å². The Labute approximate surface area is 139 Å². The number of urea groups is 1. The van der Waals surface area contributed by atoms with Crippen molar-refractivity contribution in [3.8, 4) is 5.88 Å². The van der Waals surface area contributed by atoms with Gasteiger partial charge in [-0.05, 0) is 43.0 Å². The number of hydrogen-bond donors (Lipinski definition) is 2. The van der Waals surface area contributed by atoms with Crippen molar-refractivity contribution >= 4 is 28.5 Å². The number of carbonyl (C=O) groups is 2. The molecule has 1 saturated heterocycles. The van der Waals surface area contributed by atoms with Crippen LogP contribution in [-0.4, -0.2) is 47.2 Å². The van der Waals surface area contributed by atoms with Crippen LogP contribution in [0.3, 0.4) is 0 Å². The minimum Gasteiger partial charge on any atom is -0.481 e. The molecule has 1 fully saturated rings. The highest BCUT2D eigenvalue weighted by Crippen LogP contribution is 2.31. The van der Waals surface area contributed by atoms with Gasteiger partial charge in [-0.2, -0.15) is 0 Å². The standard InChI is InChI=1S/C17H19N3O4/c1-17(15(21)22)6-8-20(10-17)16(23)19-12-3-4-13-11(9-12)5-7-18-14(13)24-2/h3-5,7,9H,6,8,10H2,1-2H3,(H,19,23)(H,21,22). The fourth-order valence-corrected chi connectivity index (χ4v) is 2.90. The van der Waals surface area contributed by atoms with Crippen LogP contribution in [-0.2, 0) is 4.79 Å². The van der Waals surface area contributed by atoms with Gasteiger partial charge in [0, 0.05) is 30.4 Å². The molecule has 2 N–H and O–H groups in total. The highest BCUT2D eigenvalue weighted by molar-refractivity contribution is 5.95. The van der Waals surface area contributed by atoms with E-state index in [1.165, 1.54) is 4.90 Å². The van der Waals surface area contributed by atoms with Crippen molar-refractivity contribution in [2.24, 2.45) is 5.41 Å². The second-order valence-corrected chi connectivity index (χ2v) is 6.22. The molecule has 2 heterocycles. The Morgan fingerprint density at radius 2 is 2.17 bits per heavy atom. The van der Waals surface area contributed by atoms with Crippen LogP contribution in [0.25, 0.3) is 10.8 Å². The maximum atomic E-state index is 12.4. The first-order valence-electron chi connectivity index (χ1n) is 7.65. The van der Waals surface area contributed by atoms with Crippen molar-refractivity contribution in [3.05, 3.63) is 30.5 Å². The van der Waals surface area contributed by atoms with Crippen LogP contribution < -0.4 is 10.1 Å². The molecule has 0 spiro atoms. The van der Waals surface area contributed by atoms with E-state index in [2.05, 4.69) is 10.3 Å². The molecular weight excluding hydrogens is 310 g/mol. The summed E-state index contributed by atoms with van der Waals surface area (Å²) in [4.78, 5) is 29.3. The number of benzene rings is 1. The van der Waals surface area contributed by atoms with Crippen LogP contribution >= 0.6 is 0 Å². The minimum atomic E-state index is -0.875. The van der Waals surface area contributed by atoms with Crippen molar-refractivity contribution < 1.29 is 19.4 Å². The van der Waals surface area contributed by atoms with E-state index < -0.39 is 11.4 Å². The van der Waals surface area contributed by atoms with Crippen molar-refractivity contribution in [3.63, 3.8) is 0 Å². The van der Waals surface area contributed by atoms with Crippen molar-refractivity contribution in [1.82, 2.24) is 9.88 Å². The molecule has 0 saturated carbocycles. The molecule has 1 aliphatic heterocycles. The number of pyridine rings is 1. The van der Waals surface area contributed by atoms with E-state index in [0.717, 1.165) is 10.8 Å². The fourth-order valence-electron chi connectivity index (χ4n) is 2.90. The SMILES string of the molecule is COc1nccc2cc(NC(=O)N3CCC(C)(C(=O)O)C3)ccc12. The number of aromatic nitrogens is 1. The fraction of sp³-hybridized carbons (Fsp3) is 0.353. The lowest BCUT2D eigenvalue weighted by Gasteiger charge is -2.20. The average Bonchev–Trinajstić information content (AvgIpc) is 2.98. The number of anilines is 1. The van der Waals surface area contributed by atoms with Crippen molar-refractivity contribution in [2.75, 3.05) is 25.5 Å². The van der Waals surface area contributed by atoms with E-state index >= 15 is 0 Å². The first-order valence-corrected chi connectivity index (χ1v) is 7.65. The summed E-state index contributed by atoms with van der Waals surface area (Å²) in [6.45, 7) is 2.30. The number of likely N-dealkylation sites (tertiary alicyclic amines) is 1. The number of methoxy groups -OCH3 is 1. The summed E-state index contributed by atoms with van der Waals surface area (Å²) >= 11 is 0. The van der Waals surface area contributed by atoms with E-state index in [1.807, 2.05) is 18.2 Å². The number of carboxylic acids is 1. The number of nitrogens with zero attached hydrogens (tertiary/aromatic N) is 2. The predicted octanol–water partition coefficient (Wildman–Crippen LogP) is 2.57. The van der Waals surface area contributed by atoms with Crippen LogP contribution in [0, 0.1) is 5.41 Å². The summed E-state index contributed by atoms with van der Waals surface area (Å²) in [6.07, 6.45) is 2.10. The van der Waals surface area contributed by atoms with Gasteiger partial charge < -0.3 is 20.1 Å². The van der Waals surface area contributed by atoms with Crippen LogP contribution in [0.4, 0.5) is 10.5 Å². The molecule has 7 heteroatoms. The van der Waals surface area contributed by atoms with E-state index in [9.17, 15) is 14.7 Å². The van der Waals surface area contributed by atoms with Crippen LogP contribution in [0.15, 0.2) is 30.5 Å². The quantitative estimate of drug-likeness (QED) is 0.903. The number of aliphatic carboxylic acids is 1. The number of fused-ring (bicyclic) bond motifs is 1. The Bertz CT molecular complexity index is 808. The first kappa shape index (κ1) is 16.0. The molecule has 2 amide bonds. The number of nitrogens with one attached hydrogen (secondary N) is 1. The highest BCUT2D eigenvalue weighted by Gasteiger charge is 2.42. The lowest BCUT2D eigenvalue weighted by Crippen LogP contribution is -2.37. The van der Waals surface area contributed by atoms with E-state index in [1.54, 1.807) is 26.3 Å². The van der Waals surface area contributed by atoms with Gasteiger partial charge in [0.25, 0.3) is 0 Å².